The zero-order chi connectivity index (χ0) is 17.3. The number of nitrogens with one attached hydrogen (secondary N) is 1. The molecule has 0 saturated carbocycles. The Bertz CT molecular complexity index is 623. The van der Waals surface area contributed by atoms with E-state index in [9.17, 15) is 0 Å². The maximum Gasteiger partial charge on any atom is 0.0871 e. The molecule has 1 aliphatic heterocycles. The highest BCUT2D eigenvalue weighted by atomic mass is 16.5. The molecule has 1 N–H and O–H groups in total. The standard InChI is InChI=1S/C22H29NO2/c1-24-15-8-16-25-22(19-11-7-14-23-17-19)21-13-6-5-12-20(21)18-9-3-2-4-10-18/h2-6,9-10,12-13,19,22-23H,7-8,11,14-17H2,1H3/t19-,22-/m1/s1. The van der Waals surface area contributed by atoms with Crippen molar-refractivity contribution in [2.45, 2.75) is 25.4 Å². The van der Waals surface area contributed by atoms with Gasteiger partial charge in [-0.25, -0.2) is 0 Å². The Morgan fingerprint density at radius 1 is 1.04 bits per heavy atom. The van der Waals surface area contributed by atoms with Gasteiger partial charge in [0.05, 0.1) is 6.10 Å². The number of hydrogen-bond acceptors (Lipinski definition) is 3. The first-order valence-corrected chi connectivity index (χ1v) is 9.35. The van der Waals surface area contributed by atoms with Crippen molar-refractivity contribution >= 4 is 0 Å². The van der Waals surface area contributed by atoms with Crippen LogP contribution in [-0.4, -0.2) is 33.4 Å². The van der Waals surface area contributed by atoms with E-state index >= 15 is 0 Å². The van der Waals surface area contributed by atoms with Crippen LogP contribution in [0.2, 0.25) is 0 Å². The van der Waals surface area contributed by atoms with Crippen LogP contribution in [0.5, 0.6) is 0 Å². The fraction of sp³-hybridized carbons (Fsp3) is 0.455. The number of hydrogen-bond donors (Lipinski definition) is 1. The van der Waals surface area contributed by atoms with E-state index in [0.29, 0.717) is 5.92 Å². The molecule has 2 aromatic rings. The molecule has 0 unspecified atom stereocenters. The highest BCUT2D eigenvalue weighted by Gasteiger charge is 2.27. The van der Waals surface area contributed by atoms with Crippen LogP contribution < -0.4 is 5.32 Å². The second kappa shape index (κ2) is 9.71. The molecule has 0 bridgehead atoms. The first kappa shape index (κ1) is 18.1. The summed E-state index contributed by atoms with van der Waals surface area (Å²) in [5, 5.41) is 3.54. The van der Waals surface area contributed by atoms with Gasteiger partial charge < -0.3 is 14.8 Å². The van der Waals surface area contributed by atoms with Crippen molar-refractivity contribution in [2.24, 2.45) is 5.92 Å². The van der Waals surface area contributed by atoms with E-state index < -0.39 is 0 Å². The molecule has 2 atom stereocenters. The minimum atomic E-state index is 0.126. The van der Waals surface area contributed by atoms with Gasteiger partial charge in [0.25, 0.3) is 0 Å². The number of methoxy groups -OCH3 is 1. The van der Waals surface area contributed by atoms with Crippen molar-refractivity contribution in [3.8, 4) is 11.1 Å². The van der Waals surface area contributed by atoms with Gasteiger partial charge in [-0.15, -0.1) is 0 Å². The Kier molecular flexibility index (Phi) is 7.04. The van der Waals surface area contributed by atoms with Crippen LogP contribution in [-0.2, 0) is 9.47 Å². The summed E-state index contributed by atoms with van der Waals surface area (Å²) in [6.07, 6.45) is 3.49. The third-order valence-corrected chi connectivity index (χ3v) is 4.91. The zero-order valence-electron chi connectivity index (χ0n) is 15.1. The summed E-state index contributed by atoms with van der Waals surface area (Å²) in [7, 11) is 1.74. The molecule has 3 nitrogen and oxygen atoms in total. The number of benzene rings is 2. The molecule has 1 heterocycles. The summed E-state index contributed by atoms with van der Waals surface area (Å²) in [5.41, 5.74) is 3.84. The normalized spacial score (nSPS) is 18.8. The van der Waals surface area contributed by atoms with E-state index in [-0.39, 0.29) is 6.10 Å². The first-order valence-electron chi connectivity index (χ1n) is 9.35. The van der Waals surface area contributed by atoms with Crippen LogP contribution >= 0.6 is 0 Å². The molecule has 25 heavy (non-hydrogen) atoms. The van der Waals surface area contributed by atoms with Crippen LogP contribution in [0.25, 0.3) is 11.1 Å². The van der Waals surface area contributed by atoms with E-state index in [0.717, 1.165) is 32.7 Å². The molecule has 0 spiro atoms. The van der Waals surface area contributed by atoms with E-state index in [1.54, 1.807) is 7.11 Å². The van der Waals surface area contributed by atoms with Gasteiger partial charge in [-0.3, -0.25) is 0 Å². The van der Waals surface area contributed by atoms with E-state index in [4.69, 9.17) is 9.47 Å². The van der Waals surface area contributed by atoms with Crippen molar-refractivity contribution in [1.29, 1.82) is 0 Å². The molecule has 0 aliphatic carbocycles. The molecule has 1 aliphatic rings. The molecule has 3 heteroatoms. The van der Waals surface area contributed by atoms with Crippen molar-refractivity contribution < 1.29 is 9.47 Å². The molecular formula is C22H29NO2. The third kappa shape index (κ3) is 4.91. The molecule has 0 radical (unpaired) electrons. The van der Waals surface area contributed by atoms with Crippen molar-refractivity contribution in [2.75, 3.05) is 33.4 Å². The number of ether oxygens (including phenoxy) is 2. The summed E-state index contributed by atoms with van der Waals surface area (Å²) in [6, 6.07) is 19.3. The maximum absolute atomic E-state index is 6.41. The lowest BCUT2D eigenvalue weighted by molar-refractivity contribution is -0.00468. The van der Waals surface area contributed by atoms with Gasteiger partial charge in [0.2, 0.25) is 0 Å². The van der Waals surface area contributed by atoms with Gasteiger partial charge >= 0.3 is 0 Å². The quantitative estimate of drug-likeness (QED) is 0.721. The minimum absolute atomic E-state index is 0.126. The van der Waals surface area contributed by atoms with Gasteiger partial charge in [-0.05, 0) is 42.5 Å². The highest BCUT2D eigenvalue weighted by molar-refractivity contribution is 5.67. The van der Waals surface area contributed by atoms with Gasteiger partial charge in [0, 0.05) is 32.8 Å². The fourth-order valence-electron chi connectivity index (χ4n) is 3.66. The van der Waals surface area contributed by atoms with Crippen LogP contribution in [0.3, 0.4) is 0 Å². The molecule has 1 saturated heterocycles. The first-order chi connectivity index (χ1) is 12.4. The Hall–Kier alpha value is -1.68. The average Bonchev–Trinajstić information content (AvgIpc) is 2.69. The highest BCUT2D eigenvalue weighted by Crippen LogP contribution is 2.36. The Labute approximate surface area is 151 Å². The molecule has 2 aromatic carbocycles. The smallest absolute Gasteiger partial charge is 0.0871 e. The van der Waals surface area contributed by atoms with Crippen LogP contribution in [0, 0.1) is 5.92 Å². The molecular weight excluding hydrogens is 310 g/mol. The third-order valence-electron chi connectivity index (χ3n) is 4.91. The van der Waals surface area contributed by atoms with Gasteiger partial charge in [0.15, 0.2) is 0 Å². The average molecular weight is 339 g/mol. The van der Waals surface area contributed by atoms with Crippen LogP contribution in [0.1, 0.15) is 30.9 Å². The zero-order valence-corrected chi connectivity index (χ0v) is 15.1. The topological polar surface area (TPSA) is 30.5 Å². The fourth-order valence-corrected chi connectivity index (χ4v) is 3.66. The maximum atomic E-state index is 6.41. The van der Waals surface area contributed by atoms with Crippen LogP contribution in [0.15, 0.2) is 54.6 Å². The minimum Gasteiger partial charge on any atom is -0.385 e. The largest absolute Gasteiger partial charge is 0.385 e. The van der Waals surface area contributed by atoms with E-state index in [1.165, 1.54) is 29.5 Å². The second-order valence-corrected chi connectivity index (χ2v) is 6.70. The van der Waals surface area contributed by atoms with Crippen molar-refractivity contribution in [3.63, 3.8) is 0 Å². The van der Waals surface area contributed by atoms with Gasteiger partial charge in [0.1, 0.15) is 0 Å². The van der Waals surface area contributed by atoms with Crippen molar-refractivity contribution in [1.82, 2.24) is 5.32 Å². The Morgan fingerprint density at radius 3 is 2.60 bits per heavy atom. The summed E-state index contributed by atoms with van der Waals surface area (Å²) in [5.74, 6) is 0.515. The number of rotatable bonds is 8. The van der Waals surface area contributed by atoms with Crippen molar-refractivity contribution in [3.05, 3.63) is 60.2 Å². The van der Waals surface area contributed by atoms with Crippen LogP contribution in [0.4, 0.5) is 0 Å². The van der Waals surface area contributed by atoms with Gasteiger partial charge in [-0.1, -0.05) is 54.6 Å². The molecule has 1 fully saturated rings. The van der Waals surface area contributed by atoms with E-state index in [2.05, 4.69) is 59.9 Å². The monoisotopic (exact) mass is 339 g/mol. The molecule has 134 valence electrons. The molecule has 0 amide bonds. The number of piperidine rings is 1. The SMILES string of the molecule is COCCCO[C@@H](c1ccccc1-c1ccccc1)[C@@H]1CCCNC1. The second-order valence-electron chi connectivity index (χ2n) is 6.70. The Morgan fingerprint density at radius 2 is 1.84 bits per heavy atom. The lowest BCUT2D eigenvalue weighted by Crippen LogP contribution is -2.34. The molecule has 3 rings (SSSR count). The summed E-state index contributed by atoms with van der Waals surface area (Å²) in [4.78, 5) is 0. The predicted octanol–water partition coefficient (Wildman–Crippen LogP) is 4.45. The summed E-state index contributed by atoms with van der Waals surface area (Å²) >= 11 is 0. The van der Waals surface area contributed by atoms with Gasteiger partial charge in [-0.2, -0.15) is 0 Å². The van der Waals surface area contributed by atoms with E-state index in [1.807, 2.05) is 0 Å². The molecule has 0 aromatic heterocycles. The predicted molar refractivity (Wildman–Crippen MR) is 103 cm³/mol. The lowest BCUT2D eigenvalue weighted by Gasteiger charge is -2.32. The summed E-state index contributed by atoms with van der Waals surface area (Å²) in [6.45, 7) is 3.62. The summed E-state index contributed by atoms with van der Waals surface area (Å²) < 4.78 is 11.6. The lowest BCUT2D eigenvalue weighted by atomic mass is 9.85. The Balaban J connectivity index is 1.87.